The summed E-state index contributed by atoms with van der Waals surface area (Å²) in [5.74, 6) is 3.50. The van der Waals surface area contributed by atoms with Crippen molar-refractivity contribution in [1.82, 2.24) is 5.32 Å². The maximum absolute atomic E-state index is 10.8. The minimum atomic E-state index is -0.187. The highest BCUT2D eigenvalue weighted by molar-refractivity contribution is 8.06. The lowest BCUT2D eigenvalue weighted by Crippen LogP contribution is -2.32. The normalized spacial score (nSPS) is 22.7. The lowest BCUT2D eigenvalue weighted by molar-refractivity contribution is -0.139. The molecule has 0 aromatic rings. The molecule has 0 aliphatic carbocycles. The molecule has 0 aromatic carbocycles. The topological polar surface area (TPSA) is 38.3 Å². The van der Waals surface area contributed by atoms with Gasteiger partial charge in [0.05, 0.1) is 13.7 Å². The van der Waals surface area contributed by atoms with Gasteiger partial charge in [0.2, 0.25) is 0 Å². The van der Waals surface area contributed by atoms with Crippen molar-refractivity contribution in [1.29, 1.82) is 0 Å². The first-order valence-electron chi connectivity index (χ1n) is 4.30. The first-order valence-corrected chi connectivity index (χ1v) is 6.50. The smallest absolute Gasteiger partial charge is 0.319 e. The van der Waals surface area contributed by atoms with Crippen LogP contribution in [0.2, 0.25) is 0 Å². The molecule has 1 aliphatic rings. The van der Waals surface area contributed by atoms with Crippen molar-refractivity contribution in [2.45, 2.75) is 5.25 Å². The van der Waals surface area contributed by atoms with E-state index in [9.17, 15) is 4.79 Å². The zero-order chi connectivity index (χ0) is 9.52. The monoisotopic (exact) mass is 221 g/mol. The molecular weight excluding hydrogens is 206 g/mol. The van der Waals surface area contributed by atoms with E-state index >= 15 is 0 Å². The molecule has 1 fully saturated rings. The third kappa shape index (κ3) is 4.78. The number of methoxy groups -OCH3 is 1. The number of carbonyl (C=O) groups excluding carboxylic acids is 1. The summed E-state index contributed by atoms with van der Waals surface area (Å²) in [4.78, 5) is 10.8. The van der Waals surface area contributed by atoms with Crippen molar-refractivity contribution in [3.05, 3.63) is 0 Å². The SMILES string of the molecule is COC(=O)CNCC1CSCCS1. The van der Waals surface area contributed by atoms with Crippen molar-refractivity contribution in [2.24, 2.45) is 0 Å². The summed E-state index contributed by atoms with van der Waals surface area (Å²) in [5, 5.41) is 3.75. The van der Waals surface area contributed by atoms with Crippen LogP contribution < -0.4 is 5.32 Å². The molecule has 0 amide bonds. The molecule has 5 heteroatoms. The van der Waals surface area contributed by atoms with Gasteiger partial charge in [-0.2, -0.15) is 23.5 Å². The Bertz CT molecular complexity index is 160. The van der Waals surface area contributed by atoms with Gasteiger partial charge in [-0.1, -0.05) is 0 Å². The fraction of sp³-hybridized carbons (Fsp3) is 0.875. The predicted molar refractivity (Wildman–Crippen MR) is 58.5 cm³/mol. The summed E-state index contributed by atoms with van der Waals surface area (Å²) in [6.45, 7) is 1.24. The Morgan fingerprint density at radius 2 is 2.46 bits per heavy atom. The second-order valence-corrected chi connectivity index (χ2v) is 5.33. The van der Waals surface area contributed by atoms with E-state index in [4.69, 9.17) is 0 Å². The van der Waals surface area contributed by atoms with Crippen LogP contribution in [0.4, 0.5) is 0 Å². The van der Waals surface area contributed by atoms with Gasteiger partial charge in [0.25, 0.3) is 0 Å². The first kappa shape index (κ1) is 11.2. The summed E-state index contributed by atoms with van der Waals surface area (Å²) < 4.78 is 4.53. The molecule has 1 aliphatic heterocycles. The fourth-order valence-electron chi connectivity index (χ4n) is 1.06. The second kappa shape index (κ2) is 6.56. The van der Waals surface area contributed by atoms with Gasteiger partial charge in [-0.15, -0.1) is 0 Å². The van der Waals surface area contributed by atoms with Crippen LogP contribution in [0.1, 0.15) is 0 Å². The number of hydrogen-bond donors (Lipinski definition) is 1. The number of carbonyl (C=O) groups is 1. The number of rotatable bonds is 4. The zero-order valence-electron chi connectivity index (χ0n) is 7.75. The van der Waals surface area contributed by atoms with Crippen LogP contribution in [-0.4, -0.2) is 48.7 Å². The minimum Gasteiger partial charge on any atom is -0.468 e. The number of esters is 1. The molecule has 0 bridgehead atoms. The Labute approximate surface area is 87.4 Å². The van der Waals surface area contributed by atoms with Crippen LogP contribution in [0, 0.1) is 0 Å². The van der Waals surface area contributed by atoms with E-state index in [0.29, 0.717) is 11.8 Å². The molecular formula is C8H15NO2S2. The molecule has 3 nitrogen and oxygen atoms in total. The highest BCUT2D eigenvalue weighted by Crippen LogP contribution is 2.22. The lowest BCUT2D eigenvalue weighted by atomic mass is 10.4. The van der Waals surface area contributed by atoms with E-state index < -0.39 is 0 Å². The van der Waals surface area contributed by atoms with Crippen molar-refractivity contribution in [3.8, 4) is 0 Å². The maximum atomic E-state index is 10.8. The van der Waals surface area contributed by atoms with Gasteiger partial charge < -0.3 is 10.1 Å². The summed E-state index contributed by atoms with van der Waals surface area (Å²) >= 11 is 3.98. The predicted octanol–water partition coefficient (Wildman–Crippen LogP) is 0.598. The van der Waals surface area contributed by atoms with Gasteiger partial charge in [-0.25, -0.2) is 0 Å². The Balaban J connectivity index is 2.01. The van der Waals surface area contributed by atoms with E-state index in [0.717, 1.165) is 6.54 Å². The first-order chi connectivity index (χ1) is 6.33. The third-order valence-electron chi connectivity index (χ3n) is 1.75. The molecule has 13 heavy (non-hydrogen) atoms. The van der Waals surface area contributed by atoms with Crippen molar-refractivity contribution in [2.75, 3.05) is 37.5 Å². The molecule has 1 rings (SSSR count). The summed E-state index contributed by atoms with van der Waals surface area (Å²) in [6.07, 6.45) is 0. The number of ether oxygens (including phenoxy) is 1. The van der Waals surface area contributed by atoms with Crippen molar-refractivity contribution in [3.63, 3.8) is 0 Å². The largest absolute Gasteiger partial charge is 0.468 e. The molecule has 0 saturated carbocycles. The van der Waals surface area contributed by atoms with Gasteiger partial charge in [0.1, 0.15) is 0 Å². The summed E-state index contributed by atoms with van der Waals surface area (Å²) in [6, 6.07) is 0. The average molecular weight is 221 g/mol. The van der Waals surface area contributed by atoms with Crippen LogP contribution >= 0.6 is 23.5 Å². The van der Waals surface area contributed by atoms with Crippen molar-refractivity contribution >= 4 is 29.5 Å². The Morgan fingerprint density at radius 1 is 1.62 bits per heavy atom. The minimum absolute atomic E-state index is 0.187. The third-order valence-corrected chi connectivity index (χ3v) is 4.60. The Morgan fingerprint density at radius 3 is 3.08 bits per heavy atom. The average Bonchev–Trinajstić information content (AvgIpc) is 2.19. The van der Waals surface area contributed by atoms with Gasteiger partial charge in [0.15, 0.2) is 0 Å². The van der Waals surface area contributed by atoms with Crippen LogP contribution in [0.3, 0.4) is 0 Å². The van der Waals surface area contributed by atoms with Gasteiger partial charge >= 0.3 is 5.97 Å². The number of nitrogens with one attached hydrogen (secondary N) is 1. The molecule has 1 saturated heterocycles. The molecule has 0 aromatic heterocycles. The molecule has 76 valence electrons. The highest BCUT2D eigenvalue weighted by atomic mass is 32.2. The maximum Gasteiger partial charge on any atom is 0.319 e. The van der Waals surface area contributed by atoms with Crippen LogP contribution in [0.5, 0.6) is 0 Å². The molecule has 1 N–H and O–H groups in total. The number of thioether (sulfide) groups is 2. The second-order valence-electron chi connectivity index (χ2n) is 2.77. The van der Waals surface area contributed by atoms with E-state index in [1.165, 1.54) is 24.4 Å². The Hall–Kier alpha value is 0.130. The van der Waals surface area contributed by atoms with Crippen molar-refractivity contribution < 1.29 is 9.53 Å². The molecule has 1 unspecified atom stereocenters. The lowest BCUT2D eigenvalue weighted by Gasteiger charge is -2.20. The van der Waals surface area contributed by atoms with Crippen LogP contribution in [0.15, 0.2) is 0 Å². The molecule has 1 heterocycles. The highest BCUT2D eigenvalue weighted by Gasteiger charge is 2.13. The van der Waals surface area contributed by atoms with E-state index in [1.54, 1.807) is 0 Å². The van der Waals surface area contributed by atoms with Crippen LogP contribution in [-0.2, 0) is 9.53 Å². The standard InChI is InChI=1S/C8H15NO2S2/c1-11-8(10)5-9-4-7-6-12-2-3-13-7/h7,9H,2-6H2,1H3. The van der Waals surface area contributed by atoms with Gasteiger partial charge in [-0.05, 0) is 0 Å². The molecule has 0 radical (unpaired) electrons. The molecule has 0 spiro atoms. The van der Waals surface area contributed by atoms with E-state index in [2.05, 4.69) is 10.1 Å². The summed E-state index contributed by atoms with van der Waals surface area (Å²) in [7, 11) is 1.41. The van der Waals surface area contributed by atoms with Crippen LogP contribution in [0.25, 0.3) is 0 Å². The van der Waals surface area contributed by atoms with Gasteiger partial charge in [-0.3, -0.25) is 4.79 Å². The van der Waals surface area contributed by atoms with E-state index in [1.807, 2.05) is 23.5 Å². The number of hydrogen-bond acceptors (Lipinski definition) is 5. The Kier molecular flexibility index (Phi) is 5.66. The zero-order valence-corrected chi connectivity index (χ0v) is 9.38. The fourth-order valence-corrected chi connectivity index (χ4v) is 3.71. The van der Waals surface area contributed by atoms with Gasteiger partial charge in [0, 0.05) is 29.1 Å². The quantitative estimate of drug-likeness (QED) is 0.704. The van der Waals surface area contributed by atoms with E-state index in [-0.39, 0.29) is 5.97 Å². The molecule has 1 atom stereocenters. The summed E-state index contributed by atoms with van der Waals surface area (Å²) in [5.41, 5.74) is 0.